The van der Waals surface area contributed by atoms with E-state index in [1.165, 1.54) is 17.0 Å². The maximum absolute atomic E-state index is 13.4. The largest absolute Gasteiger partial charge is 0.454 e. The minimum Gasteiger partial charge on any atom is -0.454 e. The Balaban J connectivity index is 1.72. The lowest BCUT2D eigenvalue weighted by molar-refractivity contribution is -0.126. The second-order valence-electron chi connectivity index (χ2n) is 5.27. The lowest BCUT2D eigenvalue weighted by atomic mass is 9.88. The third kappa shape index (κ3) is 1.84. The molecule has 2 aliphatic rings. The number of amides is 1. The van der Waals surface area contributed by atoms with Crippen LogP contribution in [0.3, 0.4) is 0 Å². The van der Waals surface area contributed by atoms with Crippen molar-refractivity contribution < 1.29 is 18.7 Å². The highest BCUT2D eigenvalue weighted by molar-refractivity contribution is 6.05. The van der Waals surface area contributed by atoms with Gasteiger partial charge in [0.15, 0.2) is 11.5 Å². The SMILES string of the molecule is N[C@@H]1C(=O)N(c2cccc(F)c2)[C@@H]1c1ccc2c(c1)OCO2. The Kier molecular flexibility index (Phi) is 2.80. The third-order valence-corrected chi connectivity index (χ3v) is 3.97. The topological polar surface area (TPSA) is 64.8 Å². The molecule has 2 aliphatic heterocycles. The molecule has 2 aromatic rings. The number of fused-ring (bicyclic) bond motifs is 1. The summed E-state index contributed by atoms with van der Waals surface area (Å²) >= 11 is 0. The third-order valence-electron chi connectivity index (χ3n) is 3.97. The number of benzene rings is 2. The molecule has 0 bridgehead atoms. The van der Waals surface area contributed by atoms with Crippen LogP contribution in [0.15, 0.2) is 42.5 Å². The quantitative estimate of drug-likeness (QED) is 0.861. The Morgan fingerprint density at radius 3 is 2.77 bits per heavy atom. The summed E-state index contributed by atoms with van der Waals surface area (Å²) in [4.78, 5) is 13.6. The zero-order valence-corrected chi connectivity index (χ0v) is 11.5. The van der Waals surface area contributed by atoms with Gasteiger partial charge < -0.3 is 20.1 Å². The fourth-order valence-electron chi connectivity index (χ4n) is 2.88. The first kappa shape index (κ1) is 13.1. The summed E-state index contributed by atoms with van der Waals surface area (Å²) in [6.07, 6.45) is 0. The van der Waals surface area contributed by atoms with Crippen molar-refractivity contribution in [3.63, 3.8) is 0 Å². The van der Waals surface area contributed by atoms with Crippen LogP contribution in [0, 0.1) is 5.82 Å². The lowest BCUT2D eigenvalue weighted by Crippen LogP contribution is -2.63. The molecule has 2 heterocycles. The van der Waals surface area contributed by atoms with Crippen LogP contribution in [0.4, 0.5) is 10.1 Å². The van der Waals surface area contributed by atoms with Gasteiger partial charge in [0.1, 0.15) is 11.9 Å². The number of carbonyl (C=O) groups is 1. The molecule has 4 rings (SSSR count). The van der Waals surface area contributed by atoms with Gasteiger partial charge in [-0.2, -0.15) is 0 Å². The van der Waals surface area contributed by atoms with E-state index in [0.717, 1.165) is 5.56 Å². The molecule has 22 heavy (non-hydrogen) atoms. The molecule has 112 valence electrons. The summed E-state index contributed by atoms with van der Waals surface area (Å²) < 4.78 is 24.0. The molecular weight excluding hydrogens is 287 g/mol. The van der Waals surface area contributed by atoms with Crippen LogP contribution in [-0.2, 0) is 4.79 Å². The number of nitrogens with two attached hydrogens (primary N) is 1. The Morgan fingerprint density at radius 2 is 1.95 bits per heavy atom. The smallest absolute Gasteiger partial charge is 0.247 e. The molecule has 1 amide bonds. The monoisotopic (exact) mass is 300 g/mol. The van der Waals surface area contributed by atoms with Crippen molar-refractivity contribution in [2.45, 2.75) is 12.1 Å². The molecule has 2 atom stereocenters. The van der Waals surface area contributed by atoms with Gasteiger partial charge in [0.25, 0.3) is 0 Å². The summed E-state index contributed by atoms with van der Waals surface area (Å²) in [5.74, 6) is 0.673. The summed E-state index contributed by atoms with van der Waals surface area (Å²) in [6, 6.07) is 10.4. The van der Waals surface area contributed by atoms with Gasteiger partial charge in [0, 0.05) is 5.69 Å². The fraction of sp³-hybridized carbons (Fsp3) is 0.188. The second kappa shape index (κ2) is 4.71. The van der Waals surface area contributed by atoms with Gasteiger partial charge in [-0.1, -0.05) is 12.1 Å². The van der Waals surface area contributed by atoms with Crippen molar-refractivity contribution in [3.8, 4) is 11.5 Å². The van der Waals surface area contributed by atoms with E-state index in [2.05, 4.69) is 0 Å². The predicted octanol–water partition coefficient (Wildman–Crippen LogP) is 1.97. The van der Waals surface area contributed by atoms with Gasteiger partial charge in [0.2, 0.25) is 12.7 Å². The van der Waals surface area contributed by atoms with E-state index in [-0.39, 0.29) is 18.7 Å². The zero-order valence-electron chi connectivity index (χ0n) is 11.5. The lowest BCUT2D eigenvalue weighted by Gasteiger charge is -2.45. The average Bonchev–Trinajstić information content (AvgIpc) is 2.98. The highest BCUT2D eigenvalue weighted by atomic mass is 19.1. The van der Waals surface area contributed by atoms with E-state index >= 15 is 0 Å². The molecule has 1 saturated heterocycles. The molecule has 0 unspecified atom stereocenters. The van der Waals surface area contributed by atoms with Gasteiger partial charge in [0.05, 0.1) is 6.04 Å². The van der Waals surface area contributed by atoms with Crippen LogP contribution >= 0.6 is 0 Å². The number of nitrogens with zero attached hydrogens (tertiary/aromatic N) is 1. The van der Waals surface area contributed by atoms with Crippen molar-refractivity contribution in [1.29, 1.82) is 0 Å². The molecule has 2 N–H and O–H groups in total. The molecule has 1 fully saturated rings. The average molecular weight is 300 g/mol. The highest BCUT2D eigenvalue weighted by Crippen LogP contribution is 2.42. The highest BCUT2D eigenvalue weighted by Gasteiger charge is 2.47. The summed E-state index contributed by atoms with van der Waals surface area (Å²) in [6.45, 7) is 0.183. The van der Waals surface area contributed by atoms with E-state index in [0.29, 0.717) is 17.2 Å². The van der Waals surface area contributed by atoms with Crippen molar-refractivity contribution >= 4 is 11.6 Å². The van der Waals surface area contributed by atoms with Gasteiger partial charge >= 0.3 is 0 Å². The number of carbonyl (C=O) groups excluding carboxylic acids is 1. The Bertz CT molecular complexity index is 765. The number of hydrogen-bond donors (Lipinski definition) is 1. The maximum Gasteiger partial charge on any atom is 0.247 e. The minimum absolute atomic E-state index is 0.183. The first-order valence-corrected chi connectivity index (χ1v) is 6.89. The molecular formula is C16H13FN2O3. The van der Waals surface area contributed by atoms with Crippen molar-refractivity contribution in [1.82, 2.24) is 0 Å². The van der Waals surface area contributed by atoms with Gasteiger partial charge in [-0.3, -0.25) is 4.79 Å². The molecule has 0 spiro atoms. The minimum atomic E-state index is -0.649. The van der Waals surface area contributed by atoms with E-state index < -0.39 is 11.9 Å². The summed E-state index contributed by atoms with van der Waals surface area (Å²) in [7, 11) is 0. The first-order chi connectivity index (χ1) is 10.6. The van der Waals surface area contributed by atoms with Crippen LogP contribution in [-0.4, -0.2) is 18.7 Å². The van der Waals surface area contributed by atoms with Gasteiger partial charge in [-0.15, -0.1) is 0 Å². The van der Waals surface area contributed by atoms with E-state index in [4.69, 9.17) is 15.2 Å². The Hall–Kier alpha value is -2.60. The van der Waals surface area contributed by atoms with Crippen LogP contribution in [0.25, 0.3) is 0 Å². The molecule has 0 aliphatic carbocycles. The predicted molar refractivity (Wildman–Crippen MR) is 77.2 cm³/mol. The van der Waals surface area contributed by atoms with Crippen molar-refractivity contribution in [2.24, 2.45) is 5.73 Å². The molecule has 5 nitrogen and oxygen atoms in total. The van der Waals surface area contributed by atoms with Crippen LogP contribution in [0.2, 0.25) is 0 Å². The van der Waals surface area contributed by atoms with E-state index in [1.807, 2.05) is 12.1 Å². The Morgan fingerprint density at radius 1 is 1.14 bits per heavy atom. The second-order valence-corrected chi connectivity index (χ2v) is 5.27. The number of anilines is 1. The molecule has 2 aromatic carbocycles. The molecule has 0 radical (unpaired) electrons. The van der Waals surface area contributed by atoms with E-state index in [9.17, 15) is 9.18 Å². The maximum atomic E-state index is 13.4. The molecule has 0 aromatic heterocycles. The molecule has 0 saturated carbocycles. The van der Waals surface area contributed by atoms with Crippen LogP contribution < -0.4 is 20.1 Å². The van der Waals surface area contributed by atoms with Crippen molar-refractivity contribution in [2.75, 3.05) is 11.7 Å². The van der Waals surface area contributed by atoms with Crippen LogP contribution in [0.1, 0.15) is 11.6 Å². The number of halogens is 1. The normalized spacial score (nSPS) is 22.6. The number of hydrogen-bond acceptors (Lipinski definition) is 4. The van der Waals surface area contributed by atoms with Gasteiger partial charge in [-0.25, -0.2) is 4.39 Å². The zero-order chi connectivity index (χ0) is 15.3. The van der Waals surface area contributed by atoms with Crippen LogP contribution in [0.5, 0.6) is 11.5 Å². The summed E-state index contributed by atoms with van der Waals surface area (Å²) in [5, 5.41) is 0. The fourth-order valence-corrected chi connectivity index (χ4v) is 2.88. The number of β-lactam (4-membered cyclic amide) rings is 1. The molecule has 6 heteroatoms. The number of rotatable bonds is 2. The van der Waals surface area contributed by atoms with E-state index in [1.54, 1.807) is 18.2 Å². The van der Waals surface area contributed by atoms with Gasteiger partial charge in [-0.05, 0) is 35.9 Å². The standard InChI is InChI=1S/C16H13FN2O3/c17-10-2-1-3-11(7-10)19-15(14(18)16(19)20)9-4-5-12-13(6-9)22-8-21-12/h1-7,14-15H,8,18H2/t14-,15+/m0/s1. The first-order valence-electron chi connectivity index (χ1n) is 6.89. The number of ether oxygens (including phenoxy) is 2. The Labute approximate surface area is 126 Å². The summed E-state index contributed by atoms with van der Waals surface area (Å²) in [5.41, 5.74) is 7.28. The van der Waals surface area contributed by atoms with Crippen molar-refractivity contribution in [3.05, 3.63) is 53.8 Å².